The van der Waals surface area contributed by atoms with Gasteiger partial charge >= 0.3 is 5.97 Å². The first kappa shape index (κ1) is 16.6. The van der Waals surface area contributed by atoms with Gasteiger partial charge in [-0.2, -0.15) is 5.21 Å². The molecule has 0 radical (unpaired) electrons. The fraction of sp³-hybridized carbons (Fsp3) is 0.467. The topological polar surface area (TPSA) is 80.8 Å². The second-order valence-corrected chi connectivity index (χ2v) is 6.91. The van der Waals surface area contributed by atoms with Gasteiger partial charge in [-0.3, -0.25) is 4.79 Å². The maximum atomic E-state index is 12.1. The van der Waals surface area contributed by atoms with Crippen molar-refractivity contribution in [3.8, 4) is 0 Å². The van der Waals surface area contributed by atoms with Crippen LogP contribution in [0.2, 0.25) is 0 Å². The third kappa shape index (κ3) is 4.91. The molecular formula is C15H19BrN4O2. The molecule has 0 aliphatic heterocycles. The summed E-state index contributed by atoms with van der Waals surface area (Å²) in [5.41, 5.74) is 0.576. The highest BCUT2D eigenvalue weighted by Gasteiger charge is 2.25. The van der Waals surface area contributed by atoms with Crippen LogP contribution in [0.25, 0.3) is 0 Å². The average Bonchev–Trinajstić information content (AvgIpc) is 2.92. The number of carbonyl (C=O) groups is 1. The number of aromatic nitrogens is 4. The summed E-state index contributed by atoms with van der Waals surface area (Å²) < 4.78 is 6.39. The second-order valence-electron chi connectivity index (χ2n) is 6.05. The lowest BCUT2D eigenvalue weighted by Crippen LogP contribution is -2.25. The molecular weight excluding hydrogens is 348 g/mol. The highest BCUT2D eigenvalue weighted by atomic mass is 79.9. The van der Waals surface area contributed by atoms with Crippen molar-refractivity contribution < 1.29 is 9.53 Å². The van der Waals surface area contributed by atoms with Gasteiger partial charge in [0.15, 0.2) is 5.82 Å². The minimum absolute atomic E-state index is 0.188. The first-order valence-corrected chi connectivity index (χ1v) is 7.83. The molecule has 1 aromatic carbocycles. The summed E-state index contributed by atoms with van der Waals surface area (Å²) in [6.07, 6.45) is 0.832. The zero-order valence-corrected chi connectivity index (χ0v) is 14.4. The lowest BCUT2D eigenvalue weighted by atomic mass is 9.95. The number of hydrogen-bond acceptors (Lipinski definition) is 5. The van der Waals surface area contributed by atoms with Crippen LogP contribution in [0.15, 0.2) is 28.7 Å². The number of H-pyrrole nitrogens is 1. The van der Waals surface area contributed by atoms with Crippen LogP contribution in [-0.4, -0.2) is 32.2 Å². The van der Waals surface area contributed by atoms with E-state index in [0.717, 1.165) is 10.0 Å². The quantitative estimate of drug-likeness (QED) is 0.822. The molecule has 0 amide bonds. The van der Waals surface area contributed by atoms with Gasteiger partial charge in [-0.05, 0) is 38.8 Å². The number of benzene rings is 1. The molecule has 1 unspecified atom stereocenters. The molecule has 0 aliphatic rings. The molecule has 7 heteroatoms. The van der Waals surface area contributed by atoms with Crippen molar-refractivity contribution in [1.29, 1.82) is 0 Å². The van der Waals surface area contributed by atoms with Crippen LogP contribution in [0.5, 0.6) is 0 Å². The summed E-state index contributed by atoms with van der Waals surface area (Å²) in [5, 5.41) is 14.1. The van der Waals surface area contributed by atoms with E-state index in [1.807, 2.05) is 45.0 Å². The lowest BCUT2D eigenvalue weighted by molar-refractivity contribution is -0.155. The highest BCUT2D eigenvalue weighted by molar-refractivity contribution is 9.10. The molecule has 2 rings (SSSR count). The number of halogens is 1. The Morgan fingerprint density at radius 3 is 2.68 bits per heavy atom. The Morgan fingerprint density at radius 2 is 2.09 bits per heavy atom. The van der Waals surface area contributed by atoms with Crippen molar-refractivity contribution in [3.05, 3.63) is 40.1 Å². The largest absolute Gasteiger partial charge is 0.460 e. The first-order valence-electron chi connectivity index (χ1n) is 7.04. The molecule has 0 spiro atoms. The number of hydrogen-bond donors (Lipinski definition) is 1. The maximum Gasteiger partial charge on any atom is 0.307 e. The molecule has 1 heterocycles. The molecule has 0 aliphatic carbocycles. The number of nitrogens with zero attached hydrogens (tertiary/aromatic N) is 3. The molecule has 1 atom stereocenters. The molecule has 6 nitrogen and oxygen atoms in total. The number of rotatable bonds is 5. The average molecular weight is 367 g/mol. The monoisotopic (exact) mass is 366 g/mol. The van der Waals surface area contributed by atoms with E-state index in [1.165, 1.54) is 0 Å². The van der Waals surface area contributed by atoms with Crippen LogP contribution in [0.3, 0.4) is 0 Å². The SMILES string of the molecule is CC(C)(C)OC(=O)CC(Cc1ccccc1Br)c1nn[nH]n1. The van der Waals surface area contributed by atoms with Gasteiger partial charge in [-0.15, -0.1) is 10.2 Å². The van der Waals surface area contributed by atoms with Gasteiger partial charge in [-0.25, -0.2) is 0 Å². The van der Waals surface area contributed by atoms with E-state index in [-0.39, 0.29) is 18.3 Å². The molecule has 118 valence electrons. The Bertz CT molecular complexity index is 623. The van der Waals surface area contributed by atoms with E-state index in [9.17, 15) is 4.79 Å². The molecule has 1 aromatic heterocycles. The summed E-state index contributed by atoms with van der Waals surface area (Å²) in [6, 6.07) is 7.88. The summed E-state index contributed by atoms with van der Waals surface area (Å²) in [5.74, 6) is 0.0586. The Hall–Kier alpha value is -1.76. The number of aromatic amines is 1. The normalized spacial score (nSPS) is 12.9. The van der Waals surface area contributed by atoms with E-state index >= 15 is 0 Å². The van der Waals surface area contributed by atoms with Crippen LogP contribution >= 0.6 is 15.9 Å². The predicted octanol–water partition coefficient (Wildman–Crippen LogP) is 3.02. The summed E-state index contributed by atoms with van der Waals surface area (Å²) in [7, 11) is 0. The maximum absolute atomic E-state index is 12.1. The fourth-order valence-electron chi connectivity index (χ4n) is 2.11. The van der Waals surface area contributed by atoms with Crippen molar-refractivity contribution in [2.24, 2.45) is 0 Å². The molecule has 2 aromatic rings. The van der Waals surface area contributed by atoms with Gasteiger partial charge in [0.25, 0.3) is 0 Å². The molecule has 0 saturated carbocycles. The molecule has 0 bridgehead atoms. The summed E-state index contributed by atoms with van der Waals surface area (Å²) in [6.45, 7) is 5.55. The minimum atomic E-state index is -0.508. The van der Waals surface area contributed by atoms with Crippen LogP contribution in [-0.2, 0) is 16.0 Å². The lowest BCUT2D eigenvalue weighted by Gasteiger charge is -2.21. The van der Waals surface area contributed by atoms with Crippen molar-refractivity contribution in [2.45, 2.75) is 45.1 Å². The van der Waals surface area contributed by atoms with Crippen molar-refractivity contribution in [1.82, 2.24) is 20.6 Å². The van der Waals surface area contributed by atoms with Crippen LogP contribution in [0.1, 0.15) is 44.5 Å². The third-order valence-corrected chi connectivity index (χ3v) is 3.76. The standard InChI is InChI=1S/C15H19BrN4O2/c1-15(2,3)22-13(21)9-11(14-17-19-20-18-14)8-10-6-4-5-7-12(10)16/h4-7,11H,8-9H2,1-3H3,(H,17,18,19,20). The first-order chi connectivity index (χ1) is 10.3. The van der Waals surface area contributed by atoms with E-state index in [0.29, 0.717) is 12.2 Å². The number of nitrogens with one attached hydrogen (secondary N) is 1. The van der Waals surface area contributed by atoms with Crippen molar-refractivity contribution in [2.75, 3.05) is 0 Å². The van der Waals surface area contributed by atoms with E-state index < -0.39 is 5.60 Å². The Morgan fingerprint density at radius 1 is 1.36 bits per heavy atom. The van der Waals surface area contributed by atoms with Crippen molar-refractivity contribution >= 4 is 21.9 Å². The third-order valence-electron chi connectivity index (χ3n) is 2.98. The summed E-state index contributed by atoms with van der Waals surface area (Å²) >= 11 is 3.52. The zero-order chi connectivity index (χ0) is 16.2. The minimum Gasteiger partial charge on any atom is -0.460 e. The fourth-order valence-corrected chi connectivity index (χ4v) is 2.56. The van der Waals surface area contributed by atoms with Crippen molar-refractivity contribution in [3.63, 3.8) is 0 Å². The Kier molecular flexibility index (Phi) is 5.28. The molecule has 1 N–H and O–H groups in total. The molecule has 0 fully saturated rings. The Labute approximate surface area is 137 Å². The van der Waals surface area contributed by atoms with Gasteiger partial charge in [0.1, 0.15) is 5.60 Å². The van der Waals surface area contributed by atoms with Gasteiger partial charge in [0.05, 0.1) is 6.42 Å². The van der Waals surface area contributed by atoms with E-state index in [4.69, 9.17) is 4.74 Å². The molecule has 22 heavy (non-hydrogen) atoms. The van der Waals surface area contributed by atoms with Gasteiger partial charge in [0.2, 0.25) is 0 Å². The van der Waals surface area contributed by atoms with Crippen LogP contribution in [0, 0.1) is 0 Å². The van der Waals surface area contributed by atoms with Crippen LogP contribution < -0.4 is 0 Å². The Balaban J connectivity index is 2.14. The van der Waals surface area contributed by atoms with Gasteiger partial charge in [0, 0.05) is 10.4 Å². The number of ether oxygens (including phenoxy) is 1. The highest BCUT2D eigenvalue weighted by Crippen LogP contribution is 2.26. The zero-order valence-electron chi connectivity index (χ0n) is 12.8. The van der Waals surface area contributed by atoms with Crippen LogP contribution in [0.4, 0.5) is 0 Å². The number of tetrazole rings is 1. The number of esters is 1. The molecule has 0 saturated heterocycles. The van der Waals surface area contributed by atoms with Gasteiger partial charge < -0.3 is 4.74 Å². The summed E-state index contributed by atoms with van der Waals surface area (Å²) in [4.78, 5) is 12.1. The van der Waals surface area contributed by atoms with E-state index in [1.54, 1.807) is 0 Å². The smallest absolute Gasteiger partial charge is 0.307 e. The predicted molar refractivity (Wildman–Crippen MR) is 85.2 cm³/mol. The second kappa shape index (κ2) is 7.00. The van der Waals surface area contributed by atoms with E-state index in [2.05, 4.69) is 36.6 Å². The van der Waals surface area contributed by atoms with Gasteiger partial charge in [-0.1, -0.05) is 39.3 Å². The number of carbonyl (C=O) groups excluding carboxylic acids is 1.